The quantitative estimate of drug-likeness (QED) is 0.357. The summed E-state index contributed by atoms with van der Waals surface area (Å²) in [4.78, 5) is 44.3. The number of aliphatic hydroxyl groups is 1. The first-order valence-corrected chi connectivity index (χ1v) is 5.76. The molecule has 0 spiro atoms. The van der Waals surface area contributed by atoms with E-state index in [1.54, 1.807) is 0 Å². The third-order valence-electron chi connectivity index (χ3n) is 2.11. The first-order valence-electron chi connectivity index (χ1n) is 6.34. The Morgan fingerprint density at radius 2 is 1.75 bits per heavy atom. The fourth-order valence-corrected chi connectivity index (χ4v) is 1.34. The van der Waals surface area contributed by atoms with Crippen molar-refractivity contribution in [2.24, 2.45) is 0 Å². The molecule has 114 valence electrons. The molecule has 0 radical (unpaired) electrons. The second-order valence-electron chi connectivity index (χ2n) is 3.73. The number of rotatable bonds is 8. The first-order chi connectivity index (χ1) is 9.72. The predicted octanol–water partition coefficient (Wildman–Crippen LogP) is -0.637. The maximum atomic E-state index is 11.4. The number of carbonyl (C=O) groups excluding carboxylic acids is 4. The number of aldehydes is 1. The van der Waals surface area contributed by atoms with Crippen LogP contribution in [0.3, 0.4) is 0 Å². The third-order valence-corrected chi connectivity index (χ3v) is 2.11. The molecule has 0 aromatic rings. The van der Waals surface area contributed by atoms with E-state index in [0.717, 1.165) is 13.8 Å². The number of carbonyl (C=O) groups is 4. The molecular weight excluding hydrogens is 272 g/mol. The summed E-state index contributed by atoms with van der Waals surface area (Å²) in [6, 6.07) is 0. The van der Waals surface area contributed by atoms with Crippen molar-refractivity contribution in [3.05, 3.63) is 0 Å². The van der Waals surface area contributed by atoms with Gasteiger partial charge in [0.2, 0.25) is 0 Å². The van der Waals surface area contributed by atoms with Crippen molar-refractivity contribution in [2.45, 2.75) is 45.5 Å². The molecule has 0 amide bonds. The van der Waals surface area contributed by atoms with E-state index in [9.17, 15) is 24.3 Å². The highest BCUT2D eigenvalue weighted by molar-refractivity contribution is 5.72. The average Bonchev–Trinajstić information content (AvgIpc) is 2.39. The number of aliphatic hydroxyl groups excluding tert-OH is 1. The van der Waals surface area contributed by atoms with Crippen molar-refractivity contribution >= 4 is 24.2 Å². The standard InChI is InChI=1S/C12H18O8/c1-4-11(17)20-10(6-14)12(19-8(3)16)9(5-13)18-7(2)15/h5,9-10,12,14H,4,6H2,1-3H3/t9-,10+,12+/m0/s1/i4D/t4?,9-,10+,12+. The molecule has 0 aromatic carbocycles. The summed E-state index contributed by atoms with van der Waals surface area (Å²) >= 11 is 0. The maximum Gasteiger partial charge on any atom is 0.305 e. The molecule has 4 atom stereocenters. The Labute approximate surface area is 117 Å². The molecule has 0 aliphatic heterocycles. The number of esters is 3. The lowest BCUT2D eigenvalue weighted by molar-refractivity contribution is -0.186. The van der Waals surface area contributed by atoms with Crippen molar-refractivity contribution in [1.29, 1.82) is 0 Å². The van der Waals surface area contributed by atoms with Gasteiger partial charge in [0.05, 0.1) is 6.61 Å². The lowest BCUT2D eigenvalue weighted by Gasteiger charge is -2.28. The van der Waals surface area contributed by atoms with E-state index in [4.69, 9.17) is 10.8 Å². The van der Waals surface area contributed by atoms with Crippen molar-refractivity contribution in [1.82, 2.24) is 0 Å². The summed E-state index contributed by atoms with van der Waals surface area (Å²) in [6.45, 7) is 2.52. The van der Waals surface area contributed by atoms with Crippen molar-refractivity contribution in [2.75, 3.05) is 6.61 Å². The molecule has 20 heavy (non-hydrogen) atoms. The topological polar surface area (TPSA) is 116 Å². The average molecular weight is 291 g/mol. The second kappa shape index (κ2) is 9.03. The molecule has 0 aromatic heterocycles. The largest absolute Gasteiger partial charge is 0.456 e. The van der Waals surface area contributed by atoms with Gasteiger partial charge in [0.25, 0.3) is 0 Å². The Hall–Kier alpha value is -1.96. The third kappa shape index (κ3) is 6.28. The molecule has 0 rings (SSSR count). The van der Waals surface area contributed by atoms with Gasteiger partial charge in [-0.15, -0.1) is 0 Å². The van der Waals surface area contributed by atoms with E-state index in [0.29, 0.717) is 0 Å². The van der Waals surface area contributed by atoms with E-state index >= 15 is 0 Å². The fraction of sp³-hybridized carbons (Fsp3) is 0.667. The zero-order valence-electron chi connectivity index (χ0n) is 12.4. The summed E-state index contributed by atoms with van der Waals surface area (Å²) in [5, 5.41) is 9.23. The minimum atomic E-state index is -1.54. The molecule has 0 aliphatic carbocycles. The van der Waals surface area contributed by atoms with Gasteiger partial charge in [-0.05, 0) is 0 Å². The normalized spacial score (nSPS) is 16.9. The van der Waals surface area contributed by atoms with Gasteiger partial charge >= 0.3 is 17.9 Å². The van der Waals surface area contributed by atoms with E-state index in [1.807, 2.05) is 0 Å². The van der Waals surface area contributed by atoms with E-state index in [1.165, 1.54) is 6.92 Å². The minimum Gasteiger partial charge on any atom is -0.456 e. The van der Waals surface area contributed by atoms with Crippen molar-refractivity contribution < 1.29 is 39.9 Å². The van der Waals surface area contributed by atoms with Crippen LogP contribution in [0.1, 0.15) is 28.5 Å². The fourth-order valence-electron chi connectivity index (χ4n) is 1.34. The molecule has 0 aliphatic rings. The monoisotopic (exact) mass is 291 g/mol. The molecule has 1 unspecified atom stereocenters. The highest BCUT2D eigenvalue weighted by Gasteiger charge is 2.36. The molecule has 0 bridgehead atoms. The van der Waals surface area contributed by atoms with Crippen LogP contribution in [0, 0.1) is 0 Å². The second-order valence-corrected chi connectivity index (χ2v) is 3.73. The maximum absolute atomic E-state index is 11.4. The first kappa shape index (κ1) is 16.1. The molecule has 0 saturated carbocycles. The highest BCUT2D eigenvalue weighted by Crippen LogP contribution is 2.13. The van der Waals surface area contributed by atoms with Gasteiger partial charge in [-0.1, -0.05) is 6.92 Å². The van der Waals surface area contributed by atoms with Crippen LogP contribution in [-0.4, -0.2) is 54.2 Å². The Morgan fingerprint density at radius 3 is 2.10 bits per heavy atom. The van der Waals surface area contributed by atoms with Gasteiger partial charge in [-0.2, -0.15) is 0 Å². The summed E-state index contributed by atoms with van der Waals surface area (Å²) in [6.07, 6.45) is -5.53. The summed E-state index contributed by atoms with van der Waals surface area (Å²) in [5.74, 6) is -2.63. The van der Waals surface area contributed by atoms with Gasteiger partial charge in [0, 0.05) is 21.6 Å². The van der Waals surface area contributed by atoms with Crippen LogP contribution < -0.4 is 0 Å². The molecule has 1 N–H and O–H groups in total. The number of hydrogen-bond donors (Lipinski definition) is 1. The number of ether oxygens (including phenoxy) is 3. The van der Waals surface area contributed by atoms with Crippen molar-refractivity contribution in [3.63, 3.8) is 0 Å². The van der Waals surface area contributed by atoms with Gasteiger partial charge < -0.3 is 19.3 Å². The zero-order chi connectivity index (χ0) is 16.6. The molecule has 0 saturated heterocycles. The molecule has 8 nitrogen and oxygen atoms in total. The Balaban J connectivity index is 5.22. The predicted molar refractivity (Wildman–Crippen MR) is 64.4 cm³/mol. The smallest absolute Gasteiger partial charge is 0.305 e. The molecule has 8 heteroatoms. The lowest BCUT2D eigenvalue weighted by atomic mass is 10.1. The van der Waals surface area contributed by atoms with E-state index in [2.05, 4.69) is 4.74 Å². The van der Waals surface area contributed by atoms with Crippen LogP contribution in [0.25, 0.3) is 0 Å². The number of hydrogen-bond acceptors (Lipinski definition) is 8. The highest BCUT2D eigenvalue weighted by atomic mass is 16.6. The van der Waals surface area contributed by atoms with Crippen LogP contribution in [0.4, 0.5) is 0 Å². The summed E-state index contributed by atoms with van der Waals surface area (Å²) in [7, 11) is 0. The molecular formula is C12H18O8. The van der Waals surface area contributed by atoms with Gasteiger partial charge in [-0.3, -0.25) is 19.2 Å². The van der Waals surface area contributed by atoms with Crippen LogP contribution in [0.15, 0.2) is 0 Å². The Morgan fingerprint density at radius 1 is 1.20 bits per heavy atom. The van der Waals surface area contributed by atoms with Crippen LogP contribution in [-0.2, 0) is 33.4 Å². The van der Waals surface area contributed by atoms with E-state index in [-0.39, 0.29) is 6.29 Å². The van der Waals surface area contributed by atoms with Crippen LogP contribution in [0.2, 0.25) is 0 Å². The van der Waals surface area contributed by atoms with E-state index < -0.39 is 49.2 Å². The SMILES string of the molecule is [2H]C(C)C(=O)O[C@H](CO)[C@H](OC(C)=O)[C@H](C=O)OC(C)=O. The van der Waals surface area contributed by atoms with Gasteiger partial charge in [-0.25, -0.2) is 0 Å². The zero-order valence-corrected chi connectivity index (χ0v) is 11.4. The summed E-state index contributed by atoms with van der Waals surface area (Å²) in [5.41, 5.74) is 0. The Kier molecular flexibility index (Phi) is 7.26. The summed E-state index contributed by atoms with van der Waals surface area (Å²) < 4.78 is 21.4. The van der Waals surface area contributed by atoms with Crippen LogP contribution >= 0.6 is 0 Å². The molecule has 0 heterocycles. The lowest BCUT2D eigenvalue weighted by Crippen LogP contribution is -2.47. The van der Waals surface area contributed by atoms with Crippen molar-refractivity contribution in [3.8, 4) is 0 Å². The minimum absolute atomic E-state index is 0.190. The molecule has 0 fully saturated rings. The van der Waals surface area contributed by atoms with Gasteiger partial charge in [0.15, 0.2) is 24.6 Å². The van der Waals surface area contributed by atoms with Crippen LogP contribution in [0.5, 0.6) is 0 Å². The van der Waals surface area contributed by atoms with Gasteiger partial charge in [0.1, 0.15) is 0 Å². The Bertz CT molecular complexity index is 395.